The van der Waals surface area contributed by atoms with Crippen molar-refractivity contribution in [2.45, 2.75) is 6.42 Å². The Hall–Kier alpha value is -0.830. The van der Waals surface area contributed by atoms with Crippen LogP contribution < -0.4 is 0 Å². The Morgan fingerprint density at radius 2 is 1.81 bits per heavy atom. The molecule has 1 heterocycles. The summed E-state index contributed by atoms with van der Waals surface area (Å²) in [5.74, 6) is 0.658. The van der Waals surface area contributed by atoms with Gasteiger partial charge in [-0.1, -0.05) is 40.9 Å². The number of hydrogen-bond donors (Lipinski definition) is 0. The fraction of sp³-hybridized carbons (Fsp3) is 0.0909. The minimum Gasteiger partial charge on any atom is -0.241 e. The van der Waals surface area contributed by atoms with Crippen LogP contribution in [0.3, 0.4) is 0 Å². The number of nitrogens with zero attached hydrogens (tertiary/aromatic N) is 2. The zero-order valence-electron chi connectivity index (χ0n) is 8.12. The molecular formula is C11H7Cl3N2. The van der Waals surface area contributed by atoms with Gasteiger partial charge in [0.2, 0.25) is 0 Å². The zero-order valence-corrected chi connectivity index (χ0v) is 10.4. The van der Waals surface area contributed by atoms with Crippen molar-refractivity contribution in [2.24, 2.45) is 0 Å². The molecule has 1 aromatic heterocycles. The molecule has 0 fully saturated rings. The molecule has 0 N–H and O–H groups in total. The van der Waals surface area contributed by atoms with Crippen molar-refractivity contribution in [3.8, 4) is 0 Å². The molecule has 0 spiro atoms. The molecule has 2 aromatic rings. The lowest BCUT2D eigenvalue weighted by molar-refractivity contribution is 0.968. The van der Waals surface area contributed by atoms with Crippen LogP contribution in [0.4, 0.5) is 0 Å². The first-order chi connectivity index (χ1) is 7.65. The predicted octanol–water partition coefficient (Wildman–Crippen LogP) is 4.03. The van der Waals surface area contributed by atoms with Crippen LogP contribution in [0.2, 0.25) is 15.2 Å². The summed E-state index contributed by atoms with van der Waals surface area (Å²) in [6.07, 6.45) is 2.21. The first-order valence-corrected chi connectivity index (χ1v) is 5.70. The summed E-state index contributed by atoms with van der Waals surface area (Å²) < 4.78 is 0. The smallest absolute Gasteiger partial charge is 0.134 e. The van der Waals surface area contributed by atoms with Gasteiger partial charge in [0.05, 0.1) is 10.0 Å². The second-order valence-corrected chi connectivity index (χ2v) is 4.42. The minimum absolute atomic E-state index is 0.435. The minimum atomic E-state index is 0.435. The summed E-state index contributed by atoms with van der Waals surface area (Å²) in [5, 5.41) is 1.50. The van der Waals surface area contributed by atoms with E-state index in [2.05, 4.69) is 9.97 Å². The highest BCUT2D eigenvalue weighted by Crippen LogP contribution is 2.23. The Kier molecular flexibility index (Phi) is 3.64. The van der Waals surface area contributed by atoms with Gasteiger partial charge >= 0.3 is 0 Å². The van der Waals surface area contributed by atoms with Gasteiger partial charge in [-0.25, -0.2) is 9.97 Å². The van der Waals surface area contributed by atoms with Gasteiger partial charge in [0.25, 0.3) is 0 Å². The van der Waals surface area contributed by atoms with E-state index in [1.165, 1.54) is 0 Å². The molecule has 2 nitrogen and oxygen atoms in total. The summed E-state index contributed by atoms with van der Waals surface area (Å²) in [7, 11) is 0. The van der Waals surface area contributed by atoms with Crippen LogP contribution in [0.15, 0.2) is 30.5 Å². The Bertz CT molecular complexity index is 514. The summed E-state index contributed by atoms with van der Waals surface area (Å²) in [6.45, 7) is 0. The molecule has 82 valence electrons. The Morgan fingerprint density at radius 3 is 2.50 bits per heavy atom. The van der Waals surface area contributed by atoms with E-state index in [0.29, 0.717) is 27.4 Å². The lowest BCUT2D eigenvalue weighted by Gasteiger charge is -2.02. The maximum atomic E-state index is 5.91. The van der Waals surface area contributed by atoms with E-state index in [1.54, 1.807) is 24.4 Å². The molecule has 0 bridgehead atoms. The van der Waals surface area contributed by atoms with Crippen molar-refractivity contribution >= 4 is 34.8 Å². The summed E-state index contributed by atoms with van der Waals surface area (Å²) in [4.78, 5) is 8.21. The maximum absolute atomic E-state index is 5.91. The van der Waals surface area contributed by atoms with E-state index in [4.69, 9.17) is 34.8 Å². The molecule has 16 heavy (non-hydrogen) atoms. The molecule has 1 aromatic carbocycles. The lowest BCUT2D eigenvalue weighted by atomic mass is 10.1. The third-order valence-electron chi connectivity index (χ3n) is 2.02. The Balaban J connectivity index is 2.24. The zero-order chi connectivity index (χ0) is 11.5. The van der Waals surface area contributed by atoms with Crippen LogP contribution in [0, 0.1) is 0 Å². The van der Waals surface area contributed by atoms with Crippen molar-refractivity contribution in [1.82, 2.24) is 9.97 Å². The molecule has 5 heteroatoms. The SMILES string of the molecule is Clc1ccnc(Cc2ccc(Cl)c(Cl)c2)n1. The van der Waals surface area contributed by atoms with Crippen LogP contribution in [0.1, 0.15) is 11.4 Å². The van der Waals surface area contributed by atoms with Crippen molar-refractivity contribution in [3.05, 3.63) is 57.0 Å². The van der Waals surface area contributed by atoms with Gasteiger partial charge in [0.1, 0.15) is 11.0 Å². The topological polar surface area (TPSA) is 25.8 Å². The third-order valence-corrected chi connectivity index (χ3v) is 2.97. The van der Waals surface area contributed by atoms with Gasteiger partial charge in [0, 0.05) is 12.6 Å². The van der Waals surface area contributed by atoms with Gasteiger partial charge in [0.15, 0.2) is 0 Å². The van der Waals surface area contributed by atoms with Crippen LogP contribution in [0.5, 0.6) is 0 Å². The molecule has 0 saturated carbocycles. The van der Waals surface area contributed by atoms with Gasteiger partial charge < -0.3 is 0 Å². The molecule has 0 unspecified atom stereocenters. The van der Waals surface area contributed by atoms with E-state index in [9.17, 15) is 0 Å². The standard InChI is InChI=1S/C11H7Cl3N2/c12-8-2-1-7(5-9(8)13)6-11-15-4-3-10(14)16-11/h1-5H,6H2. The first kappa shape index (κ1) is 11.6. The van der Waals surface area contributed by atoms with Crippen LogP contribution >= 0.6 is 34.8 Å². The number of halogens is 3. The maximum Gasteiger partial charge on any atom is 0.134 e. The number of hydrogen-bond acceptors (Lipinski definition) is 2. The molecule has 0 radical (unpaired) electrons. The Labute approximate surface area is 108 Å². The number of benzene rings is 1. The van der Waals surface area contributed by atoms with E-state index in [-0.39, 0.29) is 0 Å². The fourth-order valence-electron chi connectivity index (χ4n) is 1.29. The lowest BCUT2D eigenvalue weighted by Crippen LogP contribution is -1.95. The Morgan fingerprint density at radius 1 is 1.00 bits per heavy atom. The predicted molar refractivity (Wildman–Crippen MR) is 66.3 cm³/mol. The highest BCUT2D eigenvalue weighted by molar-refractivity contribution is 6.42. The van der Waals surface area contributed by atoms with E-state index < -0.39 is 0 Å². The molecule has 0 saturated heterocycles. The van der Waals surface area contributed by atoms with Crippen molar-refractivity contribution in [2.75, 3.05) is 0 Å². The van der Waals surface area contributed by atoms with Gasteiger partial charge in [-0.05, 0) is 23.8 Å². The van der Waals surface area contributed by atoms with Crippen molar-refractivity contribution < 1.29 is 0 Å². The third kappa shape index (κ3) is 2.85. The quantitative estimate of drug-likeness (QED) is 0.772. The number of aromatic nitrogens is 2. The van der Waals surface area contributed by atoms with Crippen molar-refractivity contribution in [1.29, 1.82) is 0 Å². The van der Waals surface area contributed by atoms with Gasteiger partial charge in [-0.2, -0.15) is 0 Å². The summed E-state index contributed by atoms with van der Waals surface area (Å²) in [5.41, 5.74) is 0.997. The summed E-state index contributed by atoms with van der Waals surface area (Å²) >= 11 is 17.5. The molecule has 0 aliphatic rings. The van der Waals surface area contributed by atoms with Crippen LogP contribution in [0.25, 0.3) is 0 Å². The van der Waals surface area contributed by atoms with Gasteiger partial charge in [-0.3, -0.25) is 0 Å². The number of rotatable bonds is 2. The largest absolute Gasteiger partial charge is 0.241 e. The molecule has 0 amide bonds. The monoisotopic (exact) mass is 272 g/mol. The van der Waals surface area contributed by atoms with E-state index in [1.807, 2.05) is 6.07 Å². The van der Waals surface area contributed by atoms with Gasteiger partial charge in [-0.15, -0.1) is 0 Å². The van der Waals surface area contributed by atoms with Crippen LogP contribution in [-0.4, -0.2) is 9.97 Å². The molecule has 0 atom stereocenters. The first-order valence-electron chi connectivity index (χ1n) is 4.56. The second kappa shape index (κ2) is 5.00. The highest BCUT2D eigenvalue weighted by Gasteiger charge is 2.03. The molecular weight excluding hydrogens is 266 g/mol. The normalized spacial score (nSPS) is 10.4. The van der Waals surface area contributed by atoms with E-state index in [0.717, 1.165) is 5.56 Å². The van der Waals surface area contributed by atoms with Crippen molar-refractivity contribution in [3.63, 3.8) is 0 Å². The highest BCUT2D eigenvalue weighted by atomic mass is 35.5. The molecule has 2 rings (SSSR count). The average molecular weight is 274 g/mol. The fourth-order valence-corrected chi connectivity index (χ4v) is 1.77. The van der Waals surface area contributed by atoms with E-state index >= 15 is 0 Å². The average Bonchev–Trinajstić information content (AvgIpc) is 2.24. The molecule has 0 aliphatic carbocycles. The van der Waals surface area contributed by atoms with Crippen LogP contribution in [-0.2, 0) is 6.42 Å². The second-order valence-electron chi connectivity index (χ2n) is 3.22. The summed E-state index contributed by atoms with van der Waals surface area (Å²) in [6, 6.07) is 7.08. The molecule has 0 aliphatic heterocycles.